The van der Waals surface area contributed by atoms with Crippen molar-refractivity contribution in [1.29, 1.82) is 0 Å². The Morgan fingerprint density at radius 2 is 1.57 bits per heavy atom. The average Bonchev–Trinajstić information content (AvgIpc) is 3.01. The Morgan fingerprint density at radius 1 is 0.952 bits per heavy atom. The van der Waals surface area contributed by atoms with Crippen molar-refractivity contribution >= 4 is 17.3 Å². The van der Waals surface area contributed by atoms with Crippen LogP contribution in [0.15, 0.2) is 18.2 Å². The Balaban J connectivity index is 1.92. The van der Waals surface area contributed by atoms with E-state index in [9.17, 15) is 4.79 Å². The number of hydrogen-bond donors (Lipinski definition) is 1. The molecular weight excluding hydrogens is 264 g/mol. The zero-order valence-corrected chi connectivity index (χ0v) is 12.7. The molecule has 0 aromatic heterocycles. The quantitative estimate of drug-likeness (QED) is 0.906. The fraction of sp³-hybridized carbons (Fsp3) is 0.562. The molecular formula is C16H24N4O. The van der Waals surface area contributed by atoms with Gasteiger partial charge in [-0.1, -0.05) is 0 Å². The largest absolute Gasteiger partial charge is 0.370 e. The molecule has 2 N–H and O–H groups in total. The first-order valence-corrected chi connectivity index (χ1v) is 7.77. The molecule has 2 saturated heterocycles. The minimum absolute atomic E-state index is 0.347. The highest BCUT2D eigenvalue weighted by molar-refractivity contribution is 5.95. The Kier molecular flexibility index (Phi) is 4.01. The van der Waals surface area contributed by atoms with E-state index in [-0.39, 0.29) is 5.91 Å². The first kappa shape index (κ1) is 14.2. The summed E-state index contributed by atoms with van der Waals surface area (Å²) in [5.41, 5.74) is 8.48. The number of carbonyl (C=O) groups is 1. The number of piperazine rings is 1. The molecule has 0 aliphatic carbocycles. The number of anilines is 2. The summed E-state index contributed by atoms with van der Waals surface area (Å²) in [6.45, 7) is 6.38. The van der Waals surface area contributed by atoms with E-state index in [0.717, 1.165) is 39.3 Å². The van der Waals surface area contributed by atoms with E-state index in [1.807, 2.05) is 12.1 Å². The normalized spacial score (nSPS) is 20.0. The standard InChI is InChI=1S/C16H24N4O/c1-18-8-10-20(11-9-18)14-5-4-13(16(17)21)12-15(14)19-6-2-3-7-19/h4-5,12H,2-3,6-11H2,1H3,(H2,17,21). The number of hydrogen-bond acceptors (Lipinski definition) is 4. The molecule has 2 fully saturated rings. The predicted molar refractivity (Wildman–Crippen MR) is 86.1 cm³/mol. The van der Waals surface area contributed by atoms with Crippen LogP contribution in [0.5, 0.6) is 0 Å². The molecule has 2 aliphatic rings. The van der Waals surface area contributed by atoms with Gasteiger partial charge in [-0.05, 0) is 38.1 Å². The SMILES string of the molecule is CN1CCN(c2ccc(C(N)=O)cc2N2CCCC2)CC1. The predicted octanol–water partition coefficient (Wildman–Crippen LogP) is 1.14. The lowest BCUT2D eigenvalue weighted by atomic mass is 10.1. The highest BCUT2D eigenvalue weighted by Gasteiger charge is 2.22. The average molecular weight is 288 g/mol. The van der Waals surface area contributed by atoms with Crippen molar-refractivity contribution in [2.75, 3.05) is 56.1 Å². The lowest BCUT2D eigenvalue weighted by Crippen LogP contribution is -2.45. The van der Waals surface area contributed by atoms with Crippen LogP contribution in [-0.4, -0.2) is 57.1 Å². The number of benzene rings is 1. The van der Waals surface area contributed by atoms with Gasteiger partial charge in [0.2, 0.25) is 5.91 Å². The van der Waals surface area contributed by atoms with E-state index in [1.54, 1.807) is 0 Å². The first-order chi connectivity index (χ1) is 10.1. The van der Waals surface area contributed by atoms with Crippen molar-refractivity contribution in [3.63, 3.8) is 0 Å². The molecule has 3 rings (SSSR count). The van der Waals surface area contributed by atoms with Crippen molar-refractivity contribution in [3.8, 4) is 0 Å². The maximum Gasteiger partial charge on any atom is 0.248 e. The highest BCUT2D eigenvalue weighted by atomic mass is 16.1. The third-order valence-electron chi connectivity index (χ3n) is 4.55. The van der Waals surface area contributed by atoms with Gasteiger partial charge in [0.15, 0.2) is 0 Å². The van der Waals surface area contributed by atoms with Crippen LogP contribution in [0, 0.1) is 0 Å². The molecule has 114 valence electrons. The number of likely N-dealkylation sites (N-methyl/N-ethyl adjacent to an activating group) is 1. The maximum atomic E-state index is 11.5. The third kappa shape index (κ3) is 2.97. The molecule has 1 aromatic rings. The van der Waals surface area contributed by atoms with Gasteiger partial charge in [0, 0.05) is 44.8 Å². The molecule has 2 aliphatic heterocycles. The summed E-state index contributed by atoms with van der Waals surface area (Å²) in [5, 5.41) is 0. The molecule has 5 nitrogen and oxygen atoms in total. The van der Waals surface area contributed by atoms with Crippen LogP contribution in [0.2, 0.25) is 0 Å². The van der Waals surface area contributed by atoms with E-state index in [0.29, 0.717) is 5.56 Å². The van der Waals surface area contributed by atoms with Gasteiger partial charge in [0.25, 0.3) is 0 Å². The molecule has 1 amide bonds. The molecule has 0 atom stereocenters. The van der Waals surface area contributed by atoms with Gasteiger partial charge in [0.05, 0.1) is 11.4 Å². The molecule has 2 heterocycles. The van der Waals surface area contributed by atoms with E-state index >= 15 is 0 Å². The van der Waals surface area contributed by atoms with Gasteiger partial charge in [-0.15, -0.1) is 0 Å². The second-order valence-corrected chi connectivity index (χ2v) is 6.05. The van der Waals surface area contributed by atoms with Crippen LogP contribution in [0.1, 0.15) is 23.2 Å². The summed E-state index contributed by atoms with van der Waals surface area (Å²) in [6, 6.07) is 5.90. The Hall–Kier alpha value is -1.75. The molecule has 0 unspecified atom stereocenters. The zero-order chi connectivity index (χ0) is 14.8. The van der Waals surface area contributed by atoms with Gasteiger partial charge in [-0.25, -0.2) is 0 Å². The Labute approximate surface area is 126 Å². The van der Waals surface area contributed by atoms with Gasteiger partial charge in [-0.3, -0.25) is 4.79 Å². The van der Waals surface area contributed by atoms with Crippen molar-refractivity contribution < 1.29 is 4.79 Å². The highest BCUT2D eigenvalue weighted by Crippen LogP contribution is 2.33. The summed E-state index contributed by atoms with van der Waals surface area (Å²) in [6.07, 6.45) is 2.45. The van der Waals surface area contributed by atoms with Gasteiger partial charge in [-0.2, -0.15) is 0 Å². The minimum Gasteiger partial charge on any atom is -0.370 e. The van der Waals surface area contributed by atoms with Crippen molar-refractivity contribution in [1.82, 2.24) is 4.90 Å². The maximum absolute atomic E-state index is 11.5. The molecule has 0 bridgehead atoms. The number of rotatable bonds is 3. The summed E-state index contributed by atoms with van der Waals surface area (Å²) in [4.78, 5) is 18.7. The van der Waals surface area contributed by atoms with E-state index in [4.69, 9.17) is 5.73 Å². The van der Waals surface area contributed by atoms with Crippen LogP contribution in [0.25, 0.3) is 0 Å². The van der Waals surface area contributed by atoms with Crippen LogP contribution in [0.4, 0.5) is 11.4 Å². The lowest BCUT2D eigenvalue weighted by Gasteiger charge is -2.36. The molecule has 0 spiro atoms. The van der Waals surface area contributed by atoms with E-state index in [2.05, 4.69) is 27.8 Å². The number of nitrogens with two attached hydrogens (primary N) is 1. The van der Waals surface area contributed by atoms with Crippen LogP contribution < -0.4 is 15.5 Å². The lowest BCUT2D eigenvalue weighted by molar-refractivity contribution is 0.100. The molecule has 0 radical (unpaired) electrons. The summed E-state index contributed by atoms with van der Waals surface area (Å²) >= 11 is 0. The van der Waals surface area contributed by atoms with Gasteiger partial charge in [0.1, 0.15) is 0 Å². The molecule has 5 heteroatoms. The number of nitrogens with zero attached hydrogens (tertiary/aromatic N) is 3. The fourth-order valence-corrected chi connectivity index (χ4v) is 3.20. The molecule has 1 aromatic carbocycles. The number of carbonyl (C=O) groups excluding carboxylic acids is 1. The second kappa shape index (κ2) is 5.93. The van der Waals surface area contributed by atoms with Crippen LogP contribution >= 0.6 is 0 Å². The van der Waals surface area contributed by atoms with Crippen LogP contribution in [-0.2, 0) is 0 Å². The van der Waals surface area contributed by atoms with Gasteiger partial charge < -0.3 is 20.4 Å². The van der Waals surface area contributed by atoms with Crippen LogP contribution in [0.3, 0.4) is 0 Å². The molecule has 0 saturated carbocycles. The first-order valence-electron chi connectivity index (χ1n) is 7.77. The van der Waals surface area contributed by atoms with E-state index < -0.39 is 0 Å². The number of primary amides is 1. The monoisotopic (exact) mass is 288 g/mol. The van der Waals surface area contributed by atoms with Gasteiger partial charge >= 0.3 is 0 Å². The zero-order valence-electron chi connectivity index (χ0n) is 12.7. The van der Waals surface area contributed by atoms with E-state index in [1.165, 1.54) is 24.2 Å². The molecule has 21 heavy (non-hydrogen) atoms. The summed E-state index contributed by atoms with van der Waals surface area (Å²) in [7, 11) is 2.16. The van der Waals surface area contributed by atoms with Crippen molar-refractivity contribution in [2.45, 2.75) is 12.8 Å². The minimum atomic E-state index is -0.347. The summed E-state index contributed by atoms with van der Waals surface area (Å²) in [5.74, 6) is -0.347. The Morgan fingerprint density at radius 3 is 2.19 bits per heavy atom. The smallest absolute Gasteiger partial charge is 0.248 e. The van der Waals surface area contributed by atoms with Crippen molar-refractivity contribution in [2.24, 2.45) is 5.73 Å². The summed E-state index contributed by atoms with van der Waals surface area (Å²) < 4.78 is 0. The van der Waals surface area contributed by atoms with Crippen molar-refractivity contribution in [3.05, 3.63) is 23.8 Å². The number of amides is 1. The Bertz CT molecular complexity index is 517. The topological polar surface area (TPSA) is 52.8 Å². The fourth-order valence-electron chi connectivity index (χ4n) is 3.20. The second-order valence-electron chi connectivity index (χ2n) is 6.05. The third-order valence-corrected chi connectivity index (χ3v) is 4.55.